The number of nitrogens with one attached hydrogen (secondary N) is 2. The normalized spacial score (nSPS) is 18.2. The average Bonchev–Trinajstić information content (AvgIpc) is 3.02. The van der Waals surface area contributed by atoms with Gasteiger partial charge in [0.25, 0.3) is 0 Å². The quantitative estimate of drug-likeness (QED) is 0.803. The zero-order chi connectivity index (χ0) is 16.9. The van der Waals surface area contributed by atoms with Crippen LogP contribution < -0.4 is 10.6 Å². The number of nitrogens with zero attached hydrogens (tertiary/aromatic N) is 1. The molecule has 1 amide bonds. The minimum absolute atomic E-state index is 0. The lowest BCUT2D eigenvalue weighted by Gasteiger charge is -2.28. The van der Waals surface area contributed by atoms with Gasteiger partial charge in [-0.05, 0) is 69.0 Å². The maximum Gasteiger partial charge on any atom is 0.224 e. The molecule has 6 heteroatoms. The van der Waals surface area contributed by atoms with Crippen molar-refractivity contribution in [1.29, 1.82) is 0 Å². The topological polar surface area (TPSA) is 54.0 Å². The number of anilines is 1. The van der Waals surface area contributed by atoms with E-state index in [0.29, 0.717) is 18.3 Å². The number of aryl methyl sites for hydroxylation is 1. The Bertz CT molecular complexity index is 680. The van der Waals surface area contributed by atoms with E-state index in [-0.39, 0.29) is 18.3 Å². The van der Waals surface area contributed by atoms with Gasteiger partial charge >= 0.3 is 0 Å². The number of carbonyl (C=O) groups is 1. The molecule has 1 aliphatic heterocycles. The minimum atomic E-state index is 0. The summed E-state index contributed by atoms with van der Waals surface area (Å²) in [6, 6.07) is 7.94. The number of piperidine rings is 1. The van der Waals surface area contributed by atoms with E-state index in [2.05, 4.69) is 22.5 Å². The maximum atomic E-state index is 12.3. The molecule has 136 valence electrons. The van der Waals surface area contributed by atoms with Crippen molar-refractivity contribution >= 4 is 35.3 Å². The predicted octanol–water partition coefficient (Wildman–Crippen LogP) is 4.50. The molecule has 2 N–H and O–H groups in total. The molecule has 1 aromatic carbocycles. The molecular weight excluding hydrogens is 354 g/mol. The third-order valence-corrected chi connectivity index (χ3v) is 5.69. The standard InChI is InChI=1S/C19H25N3OS.ClH/c1-13(16-4-3-9-20-11-16)10-18(23)22-17-7-5-15(6-8-17)19-21-14(2)12-24-19;/h5-8,12-13,16,20H,3-4,9-11H2,1-2H3,(H,22,23);1H. The van der Waals surface area contributed by atoms with Crippen LogP contribution in [0.15, 0.2) is 29.6 Å². The van der Waals surface area contributed by atoms with Crippen molar-refractivity contribution in [3.05, 3.63) is 35.3 Å². The molecule has 0 radical (unpaired) electrons. The molecule has 1 fully saturated rings. The lowest BCUT2D eigenvalue weighted by atomic mass is 9.85. The second-order valence-electron chi connectivity index (χ2n) is 6.71. The van der Waals surface area contributed by atoms with E-state index in [1.165, 1.54) is 12.8 Å². The SMILES string of the molecule is Cc1csc(-c2ccc(NC(=O)CC(C)C3CCCNC3)cc2)n1.Cl. The van der Waals surface area contributed by atoms with Gasteiger partial charge < -0.3 is 10.6 Å². The third-order valence-electron chi connectivity index (χ3n) is 4.68. The molecule has 2 atom stereocenters. The first-order chi connectivity index (χ1) is 11.6. The lowest BCUT2D eigenvalue weighted by molar-refractivity contribution is -0.117. The Morgan fingerprint density at radius 2 is 2.16 bits per heavy atom. The zero-order valence-corrected chi connectivity index (χ0v) is 16.4. The highest BCUT2D eigenvalue weighted by Gasteiger charge is 2.22. The number of halogens is 1. The summed E-state index contributed by atoms with van der Waals surface area (Å²) in [7, 11) is 0. The van der Waals surface area contributed by atoms with Crippen LogP contribution in [0.2, 0.25) is 0 Å². The molecular formula is C19H26ClN3OS. The van der Waals surface area contributed by atoms with E-state index in [1.54, 1.807) is 11.3 Å². The van der Waals surface area contributed by atoms with E-state index < -0.39 is 0 Å². The van der Waals surface area contributed by atoms with Crippen LogP contribution in [0.4, 0.5) is 5.69 Å². The molecule has 1 saturated heterocycles. The minimum Gasteiger partial charge on any atom is -0.326 e. The van der Waals surface area contributed by atoms with Crippen LogP contribution in [-0.2, 0) is 4.79 Å². The molecule has 2 heterocycles. The summed E-state index contributed by atoms with van der Waals surface area (Å²) < 4.78 is 0. The van der Waals surface area contributed by atoms with Crippen molar-refractivity contribution in [2.45, 2.75) is 33.1 Å². The average molecular weight is 380 g/mol. The third kappa shape index (κ3) is 5.53. The monoisotopic (exact) mass is 379 g/mol. The molecule has 1 aliphatic rings. The van der Waals surface area contributed by atoms with Crippen molar-refractivity contribution in [3.8, 4) is 10.6 Å². The Balaban J connectivity index is 0.00000225. The van der Waals surface area contributed by atoms with Crippen LogP contribution in [0.5, 0.6) is 0 Å². The fourth-order valence-corrected chi connectivity index (χ4v) is 4.02. The van der Waals surface area contributed by atoms with E-state index in [0.717, 1.165) is 35.0 Å². The van der Waals surface area contributed by atoms with Gasteiger partial charge in [0.1, 0.15) is 5.01 Å². The van der Waals surface area contributed by atoms with E-state index in [9.17, 15) is 4.79 Å². The van der Waals surface area contributed by atoms with Gasteiger partial charge in [-0.15, -0.1) is 23.7 Å². The van der Waals surface area contributed by atoms with Crippen LogP contribution in [0.1, 0.15) is 31.9 Å². The number of hydrogen-bond donors (Lipinski definition) is 2. The van der Waals surface area contributed by atoms with Gasteiger partial charge in [0.2, 0.25) is 5.91 Å². The van der Waals surface area contributed by atoms with Gasteiger partial charge in [-0.25, -0.2) is 4.98 Å². The number of benzene rings is 1. The lowest BCUT2D eigenvalue weighted by Crippen LogP contribution is -2.34. The Kier molecular flexibility index (Phi) is 7.41. The first kappa shape index (κ1) is 19.9. The van der Waals surface area contributed by atoms with E-state index in [4.69, 9.17) is 0 Å². The van der Waals surface area contributed by atoms with Gasteiger partial charge in [-0.1, -0.05) is 6.92 Å². The number of rotatable bonds is 5. The molecule has 0 aliphatic carbocycles. The zero-order valence-electron chi connectivity index (χ0n) is 14.7. The molecule has 1 aromatic heterocycles. The van der Waals surface area contributed by atoms with Crippen molar-refractivity contribution < 1.29 is 4.79 Å². The van der Waals surface area contributed by atoms with Crippen molar-refractivity contribution in [1.82, 2.24) is 10.3 Å². The molecule has 4 nitrogen and oxygen atoms in total. The van der Waals surface area contributed by atoms with Crippen molar-refractivity contribution in [2.75, 3.05) is 18.4 Å². The molecule has 3 rings (SSSR count). The van der Waals surface area contributed by atoms with Crippen LogP contribution in [0.3, 0.4) is 0 Å². The molecule has 2 unspecified atom stereocenters. The van der Waals surface area contributed by atoms with Crippen LogP contribution >= 0.6 is 23.7 Å². The Morgan fingerprint density at radius 3 is 2.76 bits per heavy atom. The predicted molar refractivity (Wildman–Crippen MR) is 108 cm³/mol. The first-order valence-corrected chi connectivity index (χ1v) is 9.53. The van der Waals surface area contributed by atoms with Crippen molar-refractivity contribution in [3.63, 3.8) is 0 Å². The number of thiazole rings is 1. The highest BCUT2D eigenvalue weighted by atomic mass is 35.5. The number of hydrogen-bond acceptors (Lipinski definition) is 4. The second kappa shape index (κ2) is 9.32. The molecule has 25 heavy (non-hydrogen) atoms. The van der Waals surface area contributed by atoms with E-state index >= 15 is 0 Å². The van der Waals surface area contributed by atoms with Gasteiger partial charge in [-0.3, -0.25) is 4.79 Å². The van der Waals surface area contributed by atoms with Gasteiger partial charge in [0.15, 0.2) is 0 Å². The first-order valence-electron chi connectivity index (χ1n) is 8.65. The molecule has 0 saturated carbocycles. The fourth-order valence-electron chi connectivity index (χ4n) is 3.22. The van der Waals surface area contributed by atoms with Crippen LogP contribution in [0.25, 0.3) is 10.6 Å². The Hall–Kier alpha value is -1.43. The summed E-state index contributed by atoms with van der Waals surface area (Å²) >= 11 is 1.64. The summed E-state index contributed by atoms with van der Waals surface area (Å²) in [6.07, 6.45) is 3.03. The summed E-state index contributed by atoms with van der Waals surface area (Å²) in [4.78, 5) is 16.8. The summed E-state index contributed by atoms with van der Waals surface area (Å²) in [6.45, 7) is 6.33. The van der Waals surface area contributed by atoms with E-state index in [1.807, 2.05) is 36.6 Å². The molecule has 0 bridgehead atoms. The number of aromatic nitrogens is 1. The molecule has 2 aromatic rings. The van der Waals surface area contributed by atoms with Gasteiger partial charge in [-0.2, -0.15) is 0 Å². The van der Waals surface area contributed by atoms with Crippen LogP contribution in [0, 0.1) is 18.8 Å². The summed E-state index contributed by atoms with van der Waals surface area (Å²) in [5.74, 6) is 1.13. The smallest absolute Gasteiger partial charge is 0.224 e. The second-order valence-corrected chi connectivity index (χ2v) is 7.57. The van der Waals surface area contributed by atoms with Crippen LogP contribution in [-0.4, -0.2) is 24.0 Å². The highest BCUT2D eigenvalue weighted by Crippen LogP contribution is 2.26. The summed E-state index contributed by atoms with van der Waals surface area (Å²) in [5, 5.41) is 9.51. The number of carbonyl (C=O) groups excluding carboxylic acids is 1. The Labute approximate surface area is 159 Å². The maximum absolute atomic E-state index is 12.3. The molecule has 0 spiro atoms. The van der Waals surface area contributed by atoms with Gasteiger partial charge in [0, 0.05) is 28.7 Å². The highest BCUT2D eigenvalue weighted by molar-refractivity contribution is 7.13. The van der Waals surface area contributed by atoms with Gasteiger partial charge in [0.05, 0.1) is 0 Å². The largest absolute Gasteiger partial charge is 0.326 e. The Morgan fingerprint density at radius 1 is 1.40 bits per heavy atom. The summed E-state index contributed by atoms with van der Waals surface area (Å²) in [5.41, 5.74) is 2.98. The van der Waals surface area contributed by atoms with Crippen molar-refractivity contribution in [2.24, 2.45) is 11.8 Å². The number of amides is 1. The fraction of sp³-hybridized carbons (Fsp3) is 0.474.